The lowest BCUT2D eigenvalue weighted by Gasteiger charge is -2.34. The van der Waals surface area contributed by atoms with Crippen molar-refractivity contribution in [3.05, 3.63) is 77.4 Å². The molecule has 0 radical (unpaired) electrons. The number of hydrogen-bond acceptors (Lipinski definition) is 2. The maximum atomic E-state index is 11.8. The zero-order chi connectivity index (χ0) is 18.4. The second-order valence-corrected chi connectivity index (χ2v) is 6.77. The summed E-state index contributed by atoms with van der Waals surface area (Å²) < 4.78 is 0. The lowest BCUT2D eigenvalue weighted by molar-refractivity contribution is 0.101. The lowest BCUT2D eigenvalue weighted by Crippen LogP contribution is -2.36. The van der Waals surface area contributed by atoms with E-state index in [2.05, 4.69) is 50.9 Å². The normalized spacial score (nSPS) is 11.2. The zero-order valence-electron chi connectivity index (χ0n) is 15.9. The first-order valence-corrected chi connectivity index (χ1v) is 9.03. The van der Waals surface area contributed by atoms with Gasteiger partial charge in [-0.2, -0.15) is 0 Å². The first-order valence-electron chi connectivity index (χ1n) is 9.03. The molecule has 0 fully saturated rings. The number of rotatable bonds is 8. The van der Waals surface area contributed by atoms with Gasteiger partial charge in [-0.05, 0) is 49.4 Å². The highest BCUT2D eigenvalue weighted by Crippen LogP contribution is 2.32. The molecule has 0 amide bonds. The van der Waals surface area contributed by atoms with E-state index in [4.69, 9.17) is 0 Å². The molecular weight excluding hydrogens is 306 g/mol. The van der Waals surface area contributed by atoms with Crippen LogP contribution >= 0.6 is 0 Å². The Morgan fingerprint density at radius 1 is 1.08 bits per heavy atom. The molecule has 0 heterocycles. The summed E-state index contributed by atoms with van der Waals surface area (Å²) in [5.41, 5.74) is 5.30. The maximum absolute atomic E-state index is 11.8. The molecule has 2 heteroatoms. The Kier molecular flexibility index (Phi) is 6.19. The molecule has 0 atom stereocenters. The van der Waals surface area contributed by atoms with Gasteiger partial charge in [-0.15, -0.1) is 0 Å². The summed E-state index contributed by atoms with van der Waals surface area (Å²) in [7, 11) is 0. The minimum atomic E-state index is -0.0168. The van der Waals surface area contributed by atoms with E-state index in [1.807, 2.05) is 30.3 Å². The van der Waals surface area contributed by atoms with Crippen molar-refractivity contribution in [2.75, 3.05) is 6.54 Å². The van der Waals surface area contributed by atoms with Crippen LogP contribution in [0.5, 0.6) is 0 Å². The molecule has 0 unspecified atom stereocenters. The average Bonchev–Trinajstić information content (AvgIpc) is 2.63. The van der Waals surface area contributed by atoms with Crippen LogP contribution in [0.2, 0.25) is 0 Å². The number of ketones is 1. The number of hydrogen-bond donors (Lipinski definition) is 1. The van der Waals surface area contributed by atoms with Crippen LogP contribution < -0.4 is 5.32 Å². The molecule has 132 valence electrons. The fourth-order valence-electron chi connectivity index (χ4n) is 3.36. The van der Waals surface area contributed by atoms with Crippen LogP contribution in [0, 0.1) is 6.92 Å². The van der Waals surface area contributed by atoms with Gasteiger partial charge in [0, 0.05) is 23.2 Å². The van der Waals surface area contributed by atoms with Gasteiger partial charge in [-0.1, -0.05) is 62.9 Å². The minimum Gasteiger partial charge on any atom is -0.384 e. The fraction of sp³-hybridized carbons (Fsp3) is 0.348. The molecule has 0 aliphatic carbocycles. The minimum absolute atomic E-state index is 0.0168. The predicted molar refractivity (Wildman–Crippen MR) is 107 cm³/mol. The van der Waals surface area contributed by atoms with E-state index in [1.54, 1.807) is 6.92 Å². The average molecular weight is 335 g/mol. The molecule has 0 aliphatic rings. The zero-order valence-corrected chi connectivity index (χ0v) is 15.9. The summed E-state index contributed by atoms with van der Waals surface area (Å²) in [6, 6.07) is 16.3. The largest absolute Gasteiger partial charge is 0.384 e. The van der Waals surface area contributed by atoms with Gasteiger partial charge in [0.25, 0.3) is 0 Å². The molecule has 2 aromatic carbocycles. The van der Waals surface area contributed by atoms with Crippen LogP contribution in [-0.4, -0.2) is 12.3 Å². The Bertz CT molecular complexity index is 756. The van der Waals surface area contributed by atoms with E-state index in [-0.39, 0.29) is 11.2 Å². The highest BCUT2D eigenvalue weighted by molar-refractivity contribution is 5.94. The van der Waals surface area contributed by atoms with Gasteiger partial charge in [0.05, 0.1) is 0 Å². The Hall–Kier alpha value is -2.35. The molecule has 0 spiro atoms. The van der Waals surface area contributed by atoms with E-state index in [1.165, 1.54) is 11.1 Å². The smallest absolute Gasteiger partial charge is 0.159 e. The van der Waals surface area contributed by atoms with Crippen LogP contribution in [0.25, 0.3) is 5.70 Å². The summed E-state index contributed by atoms with van der Waals surface area (Å²) >= 11 is 0. The van der Waals surface area contributed by atoms with Crippen LogP contribution in [0.1, 0.15) is 60.7 Å². The number of aryl methyl sites for hydroxylation is 1. The Labute approximate surface area is 152 Å². The van der Waals surface area contributed by atoms with Gasteiger partial charge in [0.1, 0.15) is 0 Å². The van der Waals surface area contributed by atoms with Gasteiger partial charge < -0.3 is 5.32 Å². The highest BCUT2D eigenvalue weighted by Gasteiger charge is 2.29. The van der Waals surface area contributed by atoms with E-state index in [0.717, 1.165) is 36.2 Å². The molecule has 0 saturated heterocycles. The summed E-state index contributed by atoms with van der Waals surface area (Å²) in [5, 5.41) is 3.55. The SMILES string of the molecule is C=C(NCC(CC)(CC)c1cccc(C(C)=O)c1)c1ccccc1C. The second-order valence-electron chi connectivity index (χ2n) is 6.77. The fourth-order valence-corrected chi connectivity index (χ4v) is 3.36. The Morgan fingerprint density at radius 2 is 1.76 bits per heavy atom. The van der Waals surface area contributed by atoms with Gasteiger partial charge in [-0.25, -0.2) is 0 Å². The third kappa shape index (κ3) is 4.19. The van der Waals surface area contributed by atoms with Gasteiger partial charge in [-0.3, -0.25) is 4.79 Å². The monoisotopic (exact) mass is 335 g/mol. The van der Waals surface area contributed by atoms with Crippen molar-refractivity contribution in [2.45, 2.75) is 46.0 Å². The van der Waals surface area contributed by atoms with Crippen LogP contribution in [0.3, 0.4) is 0 Å². The van der Waals surface area contributed by atoms with E-state index in [9.17, 15) is 4.79 Å². The Balaban J connectivity index is 2.25. The van der Waals surface area contributed by atoms with Crippen molar-refractivity contribution in [2.24, 2.45) is 0 Å². The molecule has 0 bridgehead atoms. The summed E-state index contributed by atoms with van der Waals surface area (Å²) in [6.07, 6.45) is 2.00. The van der Waals surface area contributed by atoms with Crippen molar-refractivity contribution in [1.29, 1.82) is 0 Å². The maximum Gasteiger partial charge on any atom is 0.159 e. The van der Waals surface area contributed by atoms with Crippen molar-refractivity contribution in [3.8, 4) is 0 Å². The van der Waals surface area contributed by atoms with Crippen LogP contribution in [0.4, 0.5) is 0 Å². The van der Waals surface area contributed by atoms with Gasteiger partial charge in [0.15, 0.2) is 5.78 Å². The third-order valence-electron chi connectivity index (χ3n) is 5.35. The van der Waals surface area contributed by atoms with Crippen LogP contribution in [0.15, 0.2) is 55.1 Å². The standard InChI is InChI=1S/C23H29NO/c1-6-23(7-2,21-13-10-12-20(15-21)19(5)25)16-24-18(4)22-14-9-8-11-17(22)3/h8-15,24H,4,6-7,16H2,1-3,5H3. The quantitative estimate of drug-likeness (QED) is 0.644. The first kappa shape index (κ1) is 19.0. The number of carbonyl (C=O) groups excluding carboxylic acids is 1. The molecule has 2 aromatic rings. The summed E-state index contributed by atoms with van der Waals surface area (Å²) in [4.78, 5) is 11.8. The van der Waals surface area contributed by atoms with Crippen molar-refractivity contribution in [3.63, 3.8) is 0 Å². The summed E-state index contributed by atoms with van der Waals surface area (Å²) in [5.74, 6) is 0.111. The molecule has 0 aliphatic heterocycles. The first-order chi connectivity index (χ1) is 11.9. The molecule has 2 rings (SSSR count). The third-order valence-corrected chi connectivity index (χ3v) is 5.35. The van der Waals surface area contributed by atoms with Gasteiger partial charge >= 0.3 is 0 Å². The number of carbonyl (C=O) groups is 1. The van der Waals surface area contributed by atoms with E-state index >= 15 is 0 Å². The van der Waals surface area contributed by atoms with Gasteiger partial charge in [0.2, 0.25) is 0 Å². The Morgan fingerprint density at radius 3 is 2.36 bits per heavy atom. The van der Waals surface area contributed by atoms with E-state index < -0.39 is 0 Å². The topological polar surface area (TPSA) is 29.1 Å². The number of nitrogens with one attached hydrogen (secondary N) is 1. The van der Waals surface area contributed by atoms with E-state index in [0.29, 0.717) is 0 Å². The number of Topliss-reactive ketones (excluding diaryl/α,β-unsaturated/α-hetero) is 1. The highest BCUT2D eigenvalue weighted by atomic mass is 16.1. The number of benzene rings is 2. The second kappa shape index (κ2) is 8.15. The molecule has 2 nitrogen and oxygen atoms in total. The lowest BCUT2D eigenvalue weighted by atomic mass is 9.75. The molecule has 25 heavy (non-hydrogen) atoms. The van der Waals surface area contributed by atoms with Crippen LogP contribution in [-0.2, 0) is 5.41 Å². The molecular formula is C23H29NO. The van der Waals surface area contributed by atoms with Crippen molar-refractivity contribution < 1.29 is 4.79 Å². The molecule has 1 N–H and O–H groups in total. The van der Waals surface area contributed by atoms with Crippen molar-refractivity contribution >= 4 is 11.5 Å². The predicted octanol–water partition coefficient (Wildman–Crippen LogP) is 5.52. The summed E-state index contributed by atoms with van der Waals surface area (Å²) in [6.45, 7) is 13.2. The molecule has 0 aromatic heterocycles. The van der Waals surface area contributed by atoms with Crippen molar-refractivity contribution in [1.82, 2.24) is 5.32 Å². The molecule has 0 saturated carbocycles.